The van der Waals surface area contributed by atoms with Crippen molar-refractivity contribution in [2.75, 3.05) is 12.8 Å². The van der Waals surface area contributed by atoms with E-state index in [0.29, 0.717) is 5.92 Å². The van der Waals surface area contributed by atoms with Gasteiger partial charge in [0, 0.05) is 11.4 Å². The standard InChI is InChI=1S/C14H20N4S/c1-11(2)8-15-9-12-10-18(17-16-12)13-5-4-6-14(7-13)19-3/h4-7,10-11,15H,8-9H2,1-3H3. The van der Waals surface area contributed by atoms with Crippen molar-refractivity contribution in [2.24, 2.45) is 5.92 Å². The fourth-order valence-corrected chi connectivity index (χ4v) is 2.20. The van der Waals surface area contributed by atoms with Gasteiger partial charge in [-0.25, -0.2) is 4.68 Å². The van der Waals surface area contributed by atoms with Crippen molar-refractivity contribution >= 4 is 11.8 Å². The second kappa shape index (κ2) is 6.73. The van der Waals surface area contributed by atoms with E-state index in [1.807, 2.05) is 23.0 Å². The molecule has 0 unspecified atom stereocenters. The highest BCUT2D eigenvalue weighted by molar-refractivity contribution is 7.98. The van der Waals surface area contributed by atoms with Crippen LogP contribution in [-0.2, 0) is 6.54 Å². The minimum Gasteiger partial charge on any atom is -0.311 e. The summed E-state index contributed by atoms with van der Waals surface area (Å²) in [4.78, 5) is 1.23. The molecule has 0 fully saturated rings. The predicted molar refractivity (Wildman–Crippen MR) is 79.7 cm³/mol. The van der Waals surface area contributed by atoms with E-state index in [1.165, 1.54) is 4.90 Å². The molecule has 2 aromatic rings. The largest absolute Gasteiger partial charge is 0.311 e. The van der Waals surface area contributed by atoms with E-state index in [0.717, 1.165) is 24.5 Å². The van der Waals surface area contributed by atoms with Gasteiger partial charge in [-0.1, -0.05) is 25.1 Å². The van der Waals surface area contributed by atoms with Gasteiger partial charge in [-0.05, 0) is 36.9 Å². The molecule has 0 saturated heterocycles. The van der Waals surface area contributed by atoms with Gasteiger partial charge in [0.05, 0.1) is 17.6 Å². The van der Waals surface area contributed by atoms with Gasteiger partial charge >= 0.3 is 0 Å². The van der Waals surface area contributed by atoms with E-state index in [-0.39, 0.29) is 0 Å². The molecule has 0 saturated carbocycles. The molecule has 2 rings (SSSR count). The zero-order chi connectivity index (χ0) is 13.7. The van der Waals surface area contributed by atoms with E-state index >= 15 is 0 Å². The maximum absolute atomic E-state index is 4.19. The van der Waals surface area contributed by atoms with E-state index in [2.05, 4.69) is 47.9 Å². The Morgan fingerprint density at radius 1 is 1.37 bits per heavy atom. The minimum absolute atomic E-state index is 0.647. The van der Waals surface area contributed by atoms with Gasteiger partial charge in [0.15, 0.2) is 0 Å². The molecule has 0 aliphatic rings. The molecule has 1 aromatic heterocycles. The van der Waals surface area contributed by atoms with Crippen LogP contribution in [0.3, 0.4) is 0 Å². The lowest BCUT2D eigenvalue weighted by Gasteiger charge is -2.04. The van der Waals surface area contributed by atoms with E-state index in [9.17, 15) is 0 Å². The average molecular weight is 276 g/mol. The Hall–Kier alpha value is -1.33. The molecule has 0 aliphatic heterocycles. The molecule has 0 bridgehead atoms. The van der Waals surface area contributed by atoms with Crippen LogP contribution in [0.2, 0.25) is 0 Å². The Balaban J connectivity index is 2.03. The molecule has 19 heavy (non-hydrogen) atoms. The van der Waals surface area contributed by atoms with Crippen LogP contribution in [0, 0.1) is 5.92 Å². The van der Waals surface area contributed by atoms with Crippen LogP contribution in [0.5, 0.6) is 0 Å². The van der Waals surface area contributed by atoms with Crippen LogP contribution in [0.25, 0.3) is 5.69 Å². The lowest BCUT2D eigenvalue weighted by molar-refractivity contribution is 0.548. The van der Waals surface area contributed by atoms with Gasteiger partial charge in [-0.3, -0.25) is 0 Å². The number of benzene rings is 1. The fraction of sp³-hybridized carbons (Fsp3) is 0.429. The van der Waals surface area contributed by atoms with Crippen molar-refractivity contribution in [3.05, 3.63) is 36.2 Å². The number of nitrogens with zero attached hydrogens (tertiary/aromatic N) is 3. The summed E-state index contributed by atoms with van der Waals surface area (Å²) in [6.07, 6.45) is 4.05. The summed E-state index contributed by atoms with van der Waals surface area (Å²) in [5.74, 6) is 0.647. The van der Waals surface area contributed by atoms with Crippen molar-refractivity contribution in [1.82, 2.24) is 20.3 Å². The molecule has 0 aliphatic carbocycles. The summed E-state index contributed by atoms with van der Waals surface area (Å²) < 4.78 is 1.83. The molecule has 1 N–H and O–H groups in total. The Labute approximate surface area is 118 Å². The molecule has 1 heterocycles. The van der Waals surface area contributed by atoms with Crippen LogP contribution in [0.4, 0.5) is 0 Å². The van der Waals surface area contributed by atoms with Gasteiger partial charge < -0.3 is 5.32 Å². The third kappa shape index (κ3) is 4.08. The average Bonchev–Trinajstić information content (AvgIpc) is 2.87. The first kappa shape index (κ1) is 14.1. The highest BCUT2D eigenvalue weighted by Gasteiger charge is 2.03. The quantitative estimate of drug-likeness (QED) is 0.824. The maximum atomic E-state index is 4.19. The number of hydrogen-bond acceptors (Lipinski definition) is 4. The summed E-state index contributed by atoms with van der Waals surface area (Å²) in [5.41, 5.74) is 2.02. The summed E-state index contributed by atoms with van der Waals surface area (Å²) in [6.45, 7) is 6.14. The molecule has 0 radical (unpaired) electrons. The number of aromatic nitrogens is 3. The van der Waals surface area contributed by atoms with Crippen molar-refractivity contribution in [3.8, 4) is 5.69 Å². The molecule has 0 amide bonds. The monoisotopic (exact) mass is 276 g/mol. The Morgan fingerprint density at radius 2 is 2.21 bits per heavy atom. The topological polar surface area (TPSA) is 42.7 Å². The van der Waals surface area contributed by atoms with Gasteiger partial charge in [-0.2, -0.15) is 0 Å². The number of thioether (sulfide) groups is 1. The van der Waals surface area contributed by atoms with Gasteiger partial charge in [-0.15, -0.1) is 16.9 Å². The Morgan fingerprint density at radius 3 is 2.95 bits per heavy atom. The first-order chi connectivity index (χ1) is 9.19. The number of hydrogen-bond donors (Lipinski definition) is 1. The first-order valence-electron chi connectivity index (χ1n) is 6.45. The lowest BCUT2D eigenvalue weighted by atomic mass is 10.2. The smallest absolute Gasteiger partial charge is 0.0969 e. The van der Waals surface area contributed by atoms with E-state index < -0.39 is 0 Å². The van der Waals surface area contributed by atoms with Gasteiger partial charge in [0.2, 0.25) is 0 Å². The van der Waals surface area contributed by atoms with Gasteiger partial charge in [0.25, 0.3) is 0 Å². The van der Waals surface area contributed by atoms with E-state index in [4.69, 9.17) is 0 Å². The first-order valence-corrected chi connectivity index (χ1v) is 7.68. The molecule has 1 aromatic carbocycles. The second-order valence-electron chi connectivity index (χ2n) is 4.88. The summed E-state index contributed by atoms with van der Waals surface area (Å²) in [5, 5.41) is 11.7. The van der Waals surface area contributed by atoms with Crippen molar-refractivity contribution in [3.63, 3.8) is 0 Å². The highest BCUT2D eigenvalue weighted by atomic mass is 32.2. The Bertz CT molecular complexity index is 522. The third-order valence-electron chi connectivity index (χ3n) is 2.72. The van der Waals surface area contributed by atoms with Crippen LogP contribution in [0.15, 0.2) is 35.4 Å². The van der Waals surface area contributed by atoms with Crippen molar-refractivity contribution in [1.29, 1.82) is 0 Å². The fourth-order valence-electron chi connectivity index (χ4n) is 1.75. The van der Waals surface area contributed by atoms with Crippen molar-refractivity contribution in [2.45, 2.75) is 25.3 Å². The summed E-state index contributed by atoms with van der Waals surface area (Å²) >= 11 is 1.73. The SMILES string of the molecule is CSc1cccc(-n2cc(CNCC(C)C)nn2)c1. The molecule has 0 spiro atoms. The number of nitrogens with one attached hydrogen (secondary N) is 1. The molecule has 4 nitrogen and oxygen atoms in total. The highest BCUT2D eigenvalue weighted by Crippen LogP contribution is 2.17. The third-order valence-corrected chi connectivity index (χ3v) is 3.44. The van der Waals surface area contributed by atoms with Crippen molar-refractivity contribution < 1.29 is 0 Å². The Kier molecular flexibility index (Phi) is 4.99. The summed E-state index contributed by atoms with van der Waals surface area (Å²) in [7, 11) is 0. The number of rotatable bonds is 6. The van der Waals surface area contributed by atoms with Gasteiger partial charge in [0.1, 0.15) is 0 Å². The normalized spacial score (nSPS) is 11.2. The van der Waals surface area contributed by atoms with Crippen LogP contribution in [0.1, 0.15) is 19.5 Å². The molecule has 0 atom stereocenters. The second-order valence-corrected chi connectivity index (χ2v) is 5.76. The van der Waals surface area contributed by atoms with Crippen LogP contribution < -0.4 is 5.32 Å². The zero-order valence-electron chi connectivity index (χ0n) is 11.6. The lowest BCUT2D eigenvalue weighted by Crippen LogP contribution is -2.19. The summed E-state index contributed by atoms with van der Waals surface area (Å²) in [6, 6.07) is 8.29. The molecular formula is C14H20N4S. The molecular weight excluding hydrogens is 256 g/mol. The van der Waals surface area contributed by atoms with Crippen LogP contribution in [-0.4, -0.2) is 27.8 Å². The predicted octanol–water partition coefficient (Wildman–Crippen LogP) is 2.73. The molecule has 5 heteroatoms. The van der Waals surface area contributed by atoms with Crippen LogP contribution >= 0.6 is 11.8 Å². The molecule has 102 valence electrons. The zero-order valence-corrected chi connectivity index (χ0v) is 12.4. The van der Waals surface area contributed by atoms with E-state index in [1.54, 1.807) is 11.8 Å². The minimum atomic E-state index is 0.647. The maximum Gasteiger partial charge on any atom is 0.0969 e.